The van der Waals surface area contributed by atoms with E-state index in [1.165, 1.54) is 18.2 Å². The lowest BCUT2D eigenvalue weighted by molar-refractivity contribution is 0.0664. The van der Waals surface area contributed by atoms with Crippen molar-refractivity contribution in [3.8, 4) is 0 Å². The number of benzene rings is 2. The smallest absolute Gasteiger partial charge is 0.255 e. The minimum Gasteiger partial charge on any atom is -0.336 e. The fourth-order valence-electron chi connectivity index (χ4n) is 2.79. The lowest BCUT2D eigenvalue weighted by Crippen LogP contribution is -2.47. The summed E-state index contributed by atoms with van der Waals surface area (Å²) < 4.78 is 27.4. The minimum atomic E-state index is -0.858. The van der Waals surface area contributed by atoms with Crippen molar-refractivity contribution < 1.29 is 18.4 Å². The van der Waals surface area contributed by atoms with E-state index in [0.29, 0.717) is 18.7 Å². The number of anilines is 1. The number of piperazine rings is 1. The summed E-state index contributed by atoms with van der Waals surface area (Å²) >= 11 is 0. The summed E-state index contributed by atoms with van der Waals surface area (Å²) in [5, 5.41) is 2.23. The Balaban J connectivity index is 1.76. The van der Waals surface area contributed by atoms with Gasteiger partial charge in [0.05, 0.1) is 0 Å². The molecule has 26 heavy (non-hydrogen) atoms. The van der Waals surface area contributed by atoms with Crippen molar-refractivity contribution in [2.45, 2.75) is 0 Å². The number of hydrogen-bond acceptors (Lipinski definition) is 3. The third-order valence-corrected chi connectivity index (χ3v) is 4.36. The average molecular weight is 359 g/mol. The Morgan fingerprint density at radius 2 is 1.50 bits per heavy atom. The fourth-order valence-corrected chi connectivity index (χ4v) is 2.79. The van der Waals surface area contributed by atoms with E-state index in [1.807, 2.05) is 7.05 Å². The van der Waals surface area contributed by atoms with E-state index in [1.54, 1.807) is 17.0 Å². The van der Waals surface area contributed by atoms with Gasteiger partial charge in [-0.1, -0.05) is 12.1 Å². The highest BCUT2D eigenvalue weighted by Crippen LogP contribution is 2.19. The lowest BCUT2D eigenvalue weighted by Gasteiger charge is -2.32. The van der Waals surface area contributed by atoms with Crippen LogP contribution in [0.15, 0.2) is 42.5 Å². The van der Waals surface area contributed by atoms with Crippen LogP contribution in [0.25, 0.3) is 0 Å². The molecule has 2 aromatic rings. The maximum Gasteiger partial charge on any atom is 0.255 e. The van der Waals surface area contributed by atoms with Gasteiger partial charge < -0.3 is 15.1 Å². The highest BCUT2D eigenvalue weighted by molar-refractivity contribution is 6.06. The predicted molar refractivity (Wildman–Crippen MR) is 94.2 cm³/mol. The number of halogens is 2. The van der Waals surface area contributed by atoms with E-state index >= 15 is 0 Å². The molecule has 2 amide bonds. The molecule has 136 valence electrons. The van der Waals surface area contributed by atoms with Crippen molar-refractivity contribution in [3.05, 3.63) is 65.2 Å². The summed E-state index contributed by atoms with van der Waals surface area (Å²) in [7, 11) is 1.99. The van der Waals surface area contributed by atoms with Gasteiger partial charge in [0.25, 0.3) is 11.8 Å². The molecule has 1 aliphatic heterocycles. The van der Waals surface area contributed by atoms with Crippen molar-refractivity contribution in [2.75, 3.05) is 38.5 Å². The molecule has 0 aliphatic carbocycles. The summed E-state index contributed by atoms with van der Waals surface area (Å²) in [5.41, 5.74) is 0.0251. The average Bonchev–Trinajstić information content (AvgIpc) is 2.65. The molecule has 0 radical (unpaired) electrons. The molecule has 1 saturated heterocycles. The van der Waals surface area contributed by atoms with Gasteiger partial charge in [-0.2, -0.15) is 0 Å². The Kier molecular flexibility index (Phi) is 5.27. The Bertz CT molecular complexity index is 813. The molecule has 0 spiro atoms. The molecule has 0 saturated carbocycles. The monoisotopic (exact) mass is 359 g/mol. The minimum absolute atomic E-state index is 0.160. The predicted octanol–water partition coefficient (Wildman–Crippen LogP) is 2.60. The molecular weight excluding hydrogens is 340 g/mol. The zero-order valence-electron chi connectivity index (χ0n) is 14.3. The van der Waals surface area contributed by atoms with Gasteiger partial charge in [-0.3, -0.25) is 9.59 Å². The second kappa shape index (κ2) is 7.61. The standard InChI is InChI=1S/C19H19F2N3O2/c1-23-8-10-24(11-9-23)19(26)14-5-2-4-13(12-14)18(25)22-17-15(20)6-3-7-16(17)21/h2-7,12H,8-11H2,1H3,(H,22,25). The van der Waals surface area contributed by atoms with Crippen molar-refractivity contribution >= 4 is 17.5 Å². The van der Waals surface area contributed by atoms with Crippen LogP contribution in [-0.2, 0) is 0 Å². The molecule has 7 heteroatoms. The maximum atomic E-state index is 13.7. The highest BCUT2D eigenvalue weighted by Gasteiger charge is 2.21. The Hall–Kier alpha value is -2.80. The number of carbonyl (C=O) groups is 2. The summed E-state index contributed by atoms with van der Waals surface area (Å²) in [5.74, 6) is -2.56. The van der Waals surface area contributed by atoms with Gasteiger partial charge in [0, 0.05) is 37.3 Å². The number of nitrogens with zero attached hydrogens (tertiary/aromatic N) is 2. The van der Waals surface area contributed by atoms with Crippen molar-refractivity contribution in [2.24, 2.45) is 0 Å². The molecular formula is C19H19F2N3O2. The molecule has 0 atom stereocenters. The van der Waals surface area contributed by atoms with Crippen LogP contribution in [0.4, 0.5) is 14.5 Å². The summed E-state index contributed by atoms with van der Waals surface area (Å²) in [4.78, 5) is 28.8. The molecule has 0 unspecified atom stereocenters. The molecule has 3 rings (SSSR count). The van der Waals surface area contributed by atoms with E-state index in [4.69, 9.17) is 0 Å². The molecule has 1 N–H and O–H groups in total. The number of nitrogens with one attached hydrogen (secondary N) is 1. The van der Waals surface area contributed by atoms with Crippen LogP contribution in [0.5, 0.6) is 0 Å². The van der Waals surface area contributed by atoms with Crippen LogP contribution in [0, 0.1) is 11.6 Å². The van der Waals surface area contributed by atoms with E-state index in [0.717, 1.165) is 25.2 Å². The summed E-state index contributed by atoms with van der Waals surface area (Å²) in [6.07, 6.45) is 0. The fraction of sp³-hybridized carbons (Fsp3) is 0.263. The second-order valence-electron chi connectivity index (χ2n) is 6.23. The number of para-hydroxylation sites is 1. The van der Waals surface area contributed by atoms with Crippen LogP contribution in [-0.4, -0.2) is 54.8 Å². The number of likely N-dealkylation sites (N-methyl/N-ethyl adjacent to an activating group) is 1. The van der Waals surface area contributed by atoms with Crippen molar-refractivity contribution in [3.63, 3.8) is 0 Å². The van der Waals surface area contributed by atoms with Crippen LogP contribution >= 0.6 is 0 Å². The van der Waals surface area contributed by atoms with Crippen molar-refractivity contribution in [1.82, 2.24) is 9.80 Å². The molecule has 0 aromatic heterocycles. The SMILES string of the molecule is CN1CCN(C(=O)c2cccc(C(=O)Nc3c(F)cccc3F)c2)CC1. The first-order valence-corrected chi connectivity index (χ1v) is 8.29. The quantitative estimate of drug-likeness (QED) is 0.917. The normalized spacial score (nSPS) is 15.0. The number of hydrogen-bond donors (Lipinski definition) is 1. The van der Waals surface area contributed by atoms with Crippen molar-refractivity contribution in [1.29, 1.82) is 0 Å². The Morgan fingerprint density at radius 1 is 0.923 bits per heavy atom. The maximum absolute atomic E-state index is 13.7. The van der Waals surface area contributed by atoms with Crippen LogP contribution in [0.3, 0.4) is 0 Å². The van der Waals surface area contributed by atoms with Gasteiger partial charge in [-0.25, -0.2) is 8.78 Å². The van der Waals surface area contributed by atoms with Gasteiger partial charge >= 0.3 is 0 Å². The third-order valence-electron chi connectivity index (χ3n) is 4.36. The largest absolute Gasteiger partial charge is 0.336 e. The highest BCUT2D eigenvalue weighted by atomic mass is 19.1. The van der Waals surface area contributed by atoms with Gasteiger partial charge in [-0.15, -0.1) is 0 Å². The van der Waals surface area contributed by atoms with E-state index < -0.39 is 23.2 Å². The first-order valence-electron chi connectivity index (χ1n) is 8.29. The summed E-state index contributed by atoms with van der Waals surface area (Å²) in [6, 6.07) is 9.48. The number of rotatable bonds is 3. The molecule has 1 fully saturated rings. The first-order chi connectivity index (χ1) is 12.5. The van der Waals surface area contributed by atoms with Gasteiger partial charge in [-0.05, 0) is 37.4 Å². The third kappa shape index (κ3) is 3.88. The number of amides is 2. The van der Waals surface area contributed by atoms with Crippen LogP contribution in [0.2, 0.25) is 0 Å². The molecule has 1 aliphatic rings. The van der Waals surface area contributed by atoms with Gasteiger partial charge in [0.15, 0.2) is 0 Å². The molecule has 0 bridgehead atoms. The number of carbonyl (C=O) groups excluding carboxylic acids is 2. The van der Waals surface area contributed by atoms with E-state index in [-0.39, 0.29) is 11.5 Å². The Morgan fingerprint density at radius 3 is 2.15 bits per heavy atom. The summed E-state index contributed by atoms with van der Waals surface area (Å²) in [6.45, 7) is 2.81. The van der Waals surface area contributed by atoms with E-state index in [9.17, 15) is 18.4 Å². The second-order valence-corrected chi connectivity index (χ2v) is 6.23. The zero-order chi connectivity index (χ0) is 18.7. The zero-order valence-corrected chi connectivity index (χ0v) is 14.3. The lowest BCUT2D eigenvalue weighted by atomic mass is 10.1. The molecule has 1 heterocycles. The van der Waals surface area contributed by atoms with E-state index in [2.05, 4.69) is 10.2 Å². The van der Waals surface area contributed by atoms with Gasteiger partial charge in [0.1, 0.15) is 17.3 Å². The van der Waals surface area contributed by atoms with Crippen LogP contribution < -0.4 is 5.32 Å². The van der Waals surface area contributed by atoms with Crippen LogP contribution in [0.1, 0.15) is 20.7 Å². The van der Waals surface area contributed by atoms with Gasteiger partial charge in [0.2, 0.25) is 0 Å². The molecule has 2 aromatic carbocycles. The first kappa shape index (κ1) is 18.0. The molecule has 5 nitrogen and oxygen atoms in total. The Labute approximate surface area is 150 Å². The topological polar surface area (TPSA) is 52.7 Å².